The Morgan fingerprint density at radius 2 is 2.00 bits per heavy atom. The summed E-state index contributed by atoms with van der Waals surface area (Å²) in [5, 5.41) is 7.13. The van der Waals surface area contributed by atoms with Crippen LogP contribution in [0.4, 0.5) is 0 Å². The van der Waals surface area contributed by atoms with E-state index < -0.39 is 0 Å². The first-order chi connectivity index (χ1) is 14.2. The highest BCUT2D eigenvalue weighted by atomic mass is 16.2. The van der Waals surface area contributed by atoms with Gasteiger partial charge in [-0.15, -0.1) is 0 Å². The first-order valence-corrected chi connectivity index (χ1v) is 11.6. The molecular weight excluding hydrogens is 360 g/mol. The molecule has 1 amide bonds. The van der Waals surface area contributed by atoms with Gasteiger partial charge in [-0.2, -0.15) is 0 Å². The van der Waals surface area contributed by atoms with E-state index in [1.807, 2.05) is 7.05 Å². The molecule has 0 radical (unpaired) electrons. The second-order valence-corrected chi connectivity index (χ2v) is 9.46. The largest absolute Gasteiger partial charge is 0.356 e. The normalized spacial score (nSPS) is 31.3. The molecule has 3 fully saturated rings. The van der Waals surface area contributed by atoms with Gasteiger partial charge in [-0.05, 0) is 54.6 Å². The van der Waals surface area contributed by atoms with Crippen LogP contribution in [0.2, 0.25) is 0 Å². The van der Waals surface area contributed by atoms with Gasteiger partial charge >= 0.3 is 0 Å². The molecule has 0 aromatic heterocycles. The van der Waals surface area contributed by atoms with Crippen LogP contribution in [0.15, 0.2) is 29.3 Å². The van der Waals surface area contributed by atoms with E-state index in [1.165, 1.54) is 25.7 Å². The van der Waals surface area contributed by atoms with Gasteiger partial charge in [0, 0.05) is 38.6 Å². The van der Waals surface area contributed by atoms with Crippen LogP contribution in [0.5, 0.6) is 0 Å². The minimum absolute atomic E-state index is 0.275. The molecule has 1 aliphatic heterocycles. The molecule has 0 bridgehead atoms. The molecule has 5 rings (SSSR count). The van der Waals surface area contributed by atoms with Gasteiger partial charge in [0.05, 0.1) is 0 Å². The monoisotopic (exact) mass is 394 g/mol. The number of hydrogen-bond acceptors (Lipinski definition) is 2. The number of benzene rings is 1. The van der Waals surface area contributed by atoms with Crippen LogP contribution in [0, 0.1) is 17.8 Å². The maximum atomic E-state index is 12.8. The highest BCUT2D eigenvalue weighted by Crippen LogP contribution is 2.60. The quantitative estimate of drug-likeness (QED) is 0.610. The standard InChI is InChI=1S/C24H34N4O/c1-25-24(26-14-21-20-13-17-9-5-6-10-19(17)22(20)21)27-18-11-12-28(15-18)23(29)16-7-3-2-4-8-16/h5-6,9-10,16,18,20-22H,2-4,7-8,11-15H2,1H3,(H2,25,26,27). The molecule has 4 atom stereocenters. The molecule has 5 nitrogen and oxygen atoms in total. The Kier molecular flexibility index (Phi) is 5.23. The highest BCUT2D eigenvalue weighted by molar-refractivity contribution is 5.81. The fraction of sp³-hybridized carbons (Fsp3) is 0.667. The number of aliphatic imine (C=N–C) groups is 1. The van der Waals surface area contributed by atoms with E-state index in [1.54, 1.807) is 11.1 Å². The summed E-state index contributed by atoms with van der Waals surface area (Å²) < 4.78 is 0. The molecule has 3 aliphatic carbocycles. The van der Waals surface area contributed by atoms with Crippen LogP contribution in [0.25, 0.3) is 0 Å². The van der Waals surface area contributed by atoms with Gasteiger partial charge in [0.15, 0.2) is 5.96 Å². The number of carbonyl (C=O) groups is 1. The number of guanidine groups is 1. The Morgan fingerprint density at radius 1 is 1.17 bits per heavy atom. The third-order valence-corrected chi connectivity index (χ3v) is 7.73. The molecule has 4 aliphatic rings. The Bertz CT molecular complexity index is 785. The second-order valence-electron chi connectivity index (χ2n) is 9.46. The number of hydrogen-bond donors (Lipinski definition) is 2. The van der Waals surface area contributed by atoms with Crippen molar-refractivity contribution in [3.8, 4) is 0 Å². The Balaban J connectivity index is 1.08. The van der Waals surface area contributed by atoms with Crippen LogP contribution in [-0.4, -0.2) is 49.5 Å². The van der Waals surface area contributed by atoms with Gasteiger partial charge in [0.1, 0.15) is 0 Å². The molecule has 1 heterocycles. The van der Waals surface area contributed by atoms with Crippen molar-refractivity contribution >= 4 is 11.9 Å². The van der Waals surface area contributed by atoms with Crippen molar-refractivity contribution in [1.82, 2.24) is 15.5 Å². The Hall–Kier alpha value is -2.04. The van der Waals surface area contributed by atoms with E-state index in [2.05, 4.69) is 44.8 Å². The molecule has 5 heteroatoms. The number of carbonyl (C=O) groups excluding carboxylic acids is 1. The zero-order valence-electron chi connectivity index (χ0n) is 17.6. The maximum absolute atomic E-state index is 12.8. The van der Waals surface area contributed by atoms with Gasteiger partial charge in [-0.25, -0.2) is 0 Å². The molecule has 1 aromatic rings. The summed E-state index contributed by atoms with van der Waals surface area (Å²) >= 11 is 0. The van der Waals surface area contributed by atoms with Crippen molar-refractivity contribution < 1.29 is 4.79 Å². The van der Waals surface area contributed by atoms with Crippen LogP contribution in [0.1, 0.15) is 55.6 Å². The summed E-state index contributed by atoms with van der Waals surface area (Å²) in [5.74, 6) is 3.84. The van der Waals surface area contributed by atoms with Crippen LogP contribution in [-0.2, 0) is 11.2 Å². The van der Waals surface area contributed by atoms with Crippen LogP contribution in [0.3, 0.4) is 0 Å². The average Bonchev–Trinajstić information content (AvgIpc) is 3.09. The fourth-order valence-corrected chi connectivity index (χ4v) is 6.05. The SMILES string of the molecule is CN=C(NCC1C2Cc3ccccc3C12)NC1CCN(C(=O)C2CCCCC2)C1. The van der Waals surface area contributed by atoms with Crippen molar-refractivity contribution in [2.75, 3.05) is 26.7 Å². The third-order valence-electron chi connectivity index (χ3n) is 7.73. The van der Waals surface area contributed by atoms with Crippen molar-refractivity contribution in [3.63, 3.8) is 0 Å². The Morgan fingerprint density at radius 3 is 2.83 bits per heavy atom. The number of nitrogens with one attached hydrogen (secondary N) is 2. The van der Waals surface area contributed by atoms with Crippen molar-refractivity contribution in [2.24, 2.45) is 22.7 Å². The average molecular weight is 395 g/mol. The number of fused-ring (bicyclic) bond motifs is 3. The van der Waals surface area contributed by atoms with E-state index in [-0.39, 0.29) is 5.92 Å². The minimum atomic E-state index is 0.275. The first kappa shape index (κ1) is 19.0. The molecule has 29 heavy (non-hydrogen) atoms. The maximum Gasteiger partial charge on any atom is 0.225 e. The predicted molar refractivity (Wildman–Crippen MR) is 116 cm³/mol. The van der Waals surface area contributed by atoms with E-state index in [0.717, 1.165) is 62.6 Å². The van der Waals surface area contributed by atoms with Crippen molar-refractivity contribution in [3.05, 3.63) is 35.4 Å². The van der Waals surface area contributed by atoms with Gasteiger partial charge in [-0.1, -0.05) is 43.5 Å². The van der Waals surface area contributed by atoms with Gasteiger partial charge in [-0.3, -0.25) is 9.79 Å². The lowest BCUT2D eigenvalue weighted by Crippen LogP contribution is -2.46. The lowest BCUT2D eigenvalue weighted by Gasteiger charge is -2.26. The summed E-state index contributed by atoms with van der Waals surface area (Å²) in [6.07, 6.45) is 8.16. The number of nitrogens with zero attached hydrogens (tertiary/aromatic N) is 2. The Labute approximate surface area is 174 Å². The zero-order chi connectivity index (χ0) is 19.8. The number of likely N-dealkylation sites (tertiary alicyclic amines) is 1. The first-order valence-electron chi connectivity index (χ1n) is 11.6. The van der Waals surface area contributed by atoms with Gasteiger partial charge in [0.25, 0.3) is 0 Å². The van der Waals surface area contributed by atoms with E-state index >= 15 is 0 Å². The van der Waals surface area contributed by atoms with Crippen molar-refractivity contribution in [1.29, 1.82) is 0 Å². The molecular formula is C24H34N4O. The van der Waals surface area contributed by atoms with Crippen LogP contribution >= 0.6 is 0 Å². The topological polar surface area (TPSA) is 56.7 Å². The predicted octanol–water partition coefficient (Wildman–Crippen LogP) is 2.92. The van der Waals surface area contributed by atoms with E-state index in [9.17, 15) is 4.79 Å². The lowest BCUT2D eigenvalue weighted by molar-refractivity contribution is -0.135. The molecule has 1 aromatic carbocycles. The molecule has 4 unspecified atom stereocenters. The van der Waals surface area contributed by atoms with Crippen LogP contribution < -0.4 is 10.6 Å². The molecule has 1 saturated heterocycles. The molecule has 156 valence electrons. The number of amides is 1. The van der Waals surface area contributed by atoms with Crippen molar-refractivity contribution in [2.45, 2.75) is 56.9 Å². The zero-order valence-corrected chi connectivity index (χ0v) is 17.6. The molecule has 2 saturated carbocycles. The van der Waals surface area contributed by atoms with E-state index in [0.29, 0.717) is 11.9 Å². The second kappa shape index (κ2) is 8.00. The fourth-order valence-electron chi connectivity index (χ4n) is 6.05. The molecule has 2 N–H and O–H groups in total. The smallest absolute Gasteiger partial charge is 0.225 e. The van der Waals surface area contributed by atoms with Gasteiger partial charge in [0.2, 0.25) is 5.91 Å². The third kappa shape index (κ3) is 3.76. The number of rotatable bonds is 4. The van der Waals surface area contributed by atoms with E-state index in [4.69, 9.17) is 0 Å². The summed E-state index contributed by atoms with van der Waals surface area (Å²) in [5.41, 5.74) is 3.12. The lowest BCUT2D eigenvalue weighted by atomic mass is 9.88. The highest BCUT2D eigenvalue weighted by Gasteiger charge is 2.54. The minimum Gasteiger partial charge on any atom is -0.356 e. The summed E-state index contributed by atoms with van der Waals surface area (Å²) in [4.78, 5) is 19.3. The molecule has 0 spiro atoms. The summed E-state index contributed by atoms with van der Waals surface area (Å²) in [6.45, 7) is 2.69. The summed E-state index contributed by atoms with van der Waals surface area (Å²) in [7, 11) is 1.85. The van der Waals surface area contributed by atoms with Gasteiger partial charge < -0.3 is 15.5 Å². The summed E-state index contributed by atoms with van der Waals surface area (Å²) in [6, 6.07) is 9.24.